The zero-order valence-corrected chi connectivity index (χ0v) is 20.8. The molecule has 4 rings (SSSR count). The summed E-state index contributed by atoms with van der Waals surface area (Å²) in [6.07, 6.45) is 0. The van der Waals surface area contributed by atoms with Gasteiger partial charge in [-0.2, -0.15) is 0 Å². The fourth-order valence-corrected chi connectivity index (χ4v) is 5.25. The molecule has 0 spiro atoms. The van der Waals surface area contributed by atoms with Gasteiger partial charge in [0.25, 0.3) is 15.9 Å². The molecule has 0 aromatic heterocycles. The third-order valence-corrected chi connectivity index (χ3v) is 7.27. The molecule has 3 aromatic carbocycles. The van der Waals surface area contributed by atoms with Crippen LogP contribution >= 0.6 is 23.2 Å². The van der Waals surface area contributed by atoms with Crippen molar-refractivity contribution in [2.24, 2.45) is 0 Å². The first-order chi connectivity index (χ1) is 16.7. The summed E-state index contributed by atoms with van der Waals surface area (Å²) in [5.74, 6) is -0.130. The molecular weight excluding hydrogens is 516 g/mol. The molecule has 0 radical (unpaired) electrons. The number of nitrogens with one attached hydrogen (secondary N) is 1. The summed E-state index contributed by atoms with van der Waals surface area (Å²) in [5, 5.41) is 0.606. The van der Waals surface area contributed by atoms with Crippen LogP contribution in [0.3, 0.4) is 0 Å². The number of halogens is 3. The fourth-order valence-electron chi connectivity index (χ4n) is 3.68. The number of sulfonamides is 1. The lowest BCUT2D eigenvalue weighted by Gasteiger charge is -2.36. The van der Waals surface area contributed by atoms with Crippen LogP contribution in [0.15, 0.2) is 71.6 Å². The highest BCUT2D eigenvalue weighted by molar-refractivity contribution is 7.92. The Morgan fingerprint density at radius 2 is 1.57 bits per heavy atom. The first-order valence-corrected chi connectivity index (χ1v) is 12.9. The van der Waals surface area contributed by atoms with Crippen LogP contribution in [0.4, 0.5) is 15.8 Å². The molecule has 1 N–H and O–H groups in total. The Morgan fingerprint density at radius 1 is 0.943 bits per heavy atom. The van der Waals surface area contributed by atoms with Gasteiger partial charge in [-0.05, 0) is 54.6 Å². The van der Waals surface area contributed by atoms with Crippen LogP contribution in [0, 0.1) is 5.82 Å². The quantitative estimate of drug-likeness (QED) is 0.474. The van der Waals surface area contributed by atoms with Crippen molar-refractivity contribution in [3.05, 3.63) is 82.6 Å². The Bertz CT molecular complexity index is 1290. The molecule has 1 fully saturated rings. The Hall–Kier alpha value is -3.01. The number of carbonyl (C=O) groups excluding carboxylic acids is 1. The highest BCUT2D eigenvalue weighted by Gasteiger charge is 2.23. The van der Waals surface area contributed by atoms with Crippen LogP contribution in [0.1, 0.15) is 0 Å². The monoisotopic (exact) mass is 537 g/mol. The summed E-state index contributed by atoms with van der Waals surface area (Å²) in [5.41, 5.74) is 0.766. The number of carbonyl (C=O) groups is 1. The lowest BCUT2D eigenvalue weighted by Crippen LogP contribution is -2.50. The van der Waals surface area contributed by atoms with E-state index in [1.807, 2.05) is 4.90 Å². The number of nitrogens with zero attached hydrogens (tertiary/aromatic N) is 2. The van der Waals surface area contributed by atoms with Crippen molar-refractivity contribution in [2.45, 2.75) is 4.90 Å². The summed E-state index contributed by atoms with van der Waals surface area (Å²) >= 11 is 11.8. The summed E-state index contributed by atoms with van der Waals surface area (Å²) in [4.78, 5) is 16.1. The van der Waals surface area contributed by atoms with E-state index in [0.717, 1.165) is 0 Å². The molecule has 1 aliphatic heterocycles. The molecule has 11 heteroatoms. The molecule has 3 aromatic rings. The number of rotatable bonds is 7. The Balaban J connectivity index is 1.30. The van der Waals surface area contributed by atoms with Gasteiger partial charge in [-0.3, -0.25) is 9.52 Å². The number of ether oxygens (including phenoxy) is 1. The third kappa shape index (κ3) is 6.36. The van der Waals surface area contributed by atoms with Gasteiger partial charge in [0.05, 0.1) is 16.3 Å². The van der Waals surface area contributed by atoms with E-state index in [1.165, 1.54) is 48.5 Å². The van der Waals surface area contributed by atoms with Crippen LogP contribution in [-0.2, 0) is 14.8 Å². The topological polar surface area (TPSA) is 78.9 Å². The maximum absolute atomic E-state index is 14.0. The fraction of sp³-hybridized carbons (Fsp3) is 0.208. The van der Waals surface area contributed by atoms with Crippen molar-refractivity contribution in [2.75, 3.05) is 42.4 Å². The van der Waals surface area contributed by atoms with Crippen LogP contribution in [-0.4, -0.2) is 52.0 Å². The van der Waals surface area contributed by atoms with Crippen molar-refractivity contribution < 1.29 is 22.3 Å². The molecule has 35 heavy (non-hydrogen) atoms. The molecule has 0 bridgehead atoms. The number of benzene rings is 3. The summed E-state index contributed by atoms with van der Waals surface area (Å²) in [6.45, 7) is 1.75. The highest BCUT2D eigenvalue weighted by Crippen LogP contribution is 2.25. The van der Waals surface area contributed by atoms with E-state index in [0.29, 0.717) is 47.7 Å². The minimum Gasteiger partial charge on any atom is -0.484 e. The standard InChI is InChI=1S/C24H22Cl2FN3O4S/c25-17-13-18(26)15-19(14-17)28-35(32,33)21-7-5-20(6-8-21)34-16-24(31)30-11-9-29(10-12-30)23-4-2-1-3-22(23)27/h1-8,13-15,28H,9-12,16H2. The van der Waals surface area contributed by atoms with Gasteiger partial charge in [-0.25, -0.2) is 12.8 Å². The molecule has 184 valence electrons. The summed E-state index contributed by atoms with van der Waals surface area (Å²) in [6, 6.07) is 16.7. The van der Waals surface area contributed by atoms with Crippen LogP contribution < -0.4 is 14.4 Å². The second kappa shape index (κ2) is 10.7. The van der Waals surface area contributed by atoms with Gasteiger partial charge >= 0.3 is 0 Å². The predicted octanol–water partition coefficient (Wildman–Crippen LogP) is 4.66. The average molecular weight is 538 g/mol. The minimum absolute atomic E-state index is 0.0107. The lowest BCUT2D eigenvalue weighted by atomic mass is 10.2. The van der Waals surface area contributed by atoms with Gasteiger partial charge in [0.1, 0.15) is 11.6 Å². The van der Waals surface area contributed by atoms with Crippen molar-refractivity contribution >= 4 is 50.5 Å². The number of hydrogen-bond donors (Lipinski definition) is 1. The molecule has 0 unspecified atom stereocenters. The summed E-state index contributed by atoms with van der Waals surface area (Å²) < 4.78 is 47.2. The summed E-state index contributed by atoms with van der Waals surface area (Å²) in [7, 11) is -3.87. The van der Waals surface area contributed by atoms with E-state index in [-0.39, 0.29) is 28.9 Å². The molecule has 0 atom stereocenters. The normalized spacial score (nSPS) is 14.0. The SMILES string of the molecule is O=C(COc1ccc(S(=O)(=O)Nc2cc(Cl)cc(Cl)c2)cc1)N1CCN(c2ccccc2F)CC1. The van der Waals surface area contributed by atoms with Gasteiger partial charge in [0.2, 0.25) is 0 Å². The number of hydrogen-bond acceptors (Lipinski definition) is 5. The third-order valence-electron chi connectivity index (χ3n) is 5.44. The molecule has 1 amide bonds. The first-order valence-electron chi connectivity index (χ1n) is 10.7. The smallest absolute Gasteiger partial charge is 0.261 e. The van der Waals surface area contributed by atoms with Crippen LogP contribution in [0.5, 0.6) is 5.75 Å². The Kier molecular flexibility index (Phi) is 7.69. The maximum Gasteiger partial charge on any atom is 0.261 e. The zero-order chi connectivity index (χ0) is 25.0. The molecule has 7 nitrogen and oxygen atoms in total. The minimum atomic E-state index is -3.87. The molecule has 0 saturated carbocycles. The van der Waals surface area contributed by atoms with Gasteiger partial charge in [-0.15, -0.1) is 0 Å². The van der Waals surface area contributed by atoms with Gasteiger partial charge < -0.3 is 14.5 Å². The predicted molar refractivity (Wildman–Crippen MR) is 134 cm³/mol. The van der Waals surface area contributed by atoms with Gasteiger partial charge in [-0.1, -0.05) is 35.3 Å². The second-order valence-electron chi connectivity index (χ2n) is 7.84. The Labute approximate surface area is 213 Å². The van der Waals surface area contributed by atoms with E-state index < -0.39 is 10.0 Å². The molecule has 1 saturated heterocycles. The van der Waals surface area contributed by atoms with E-state index in [9.17, 15) is 17.6 Å². The van der Waals surface area contributed by atoms with Crippen molar-refractivity contribution in [1.82, 2.24) is 4.90 Å². The zero-order valence-electron chi connectivity index (χ0n) is 18.5. The molecule has 0 aliphatic carbocycles. The number of anilines is 2. The van der Waals surface area contributed by atoms with E-state index in [2.05, 4.69) is 4.72 Å². The highest BCUT2D eigenvalue weighted by atomic mass is 35.5. The maximum atomic E-state index is 14.0. The van der Waals surface area contributed by atoms with Crippen molar-refractivity contribution in [3.63, 3.8) is 0 Å². The van der Waals surface area contributed by atoms with E-state index >= 15 is 0 Å². The second-order valence-corrected chi connectivity index (χ2v) is 10.4. The molecular formula is C24H22Cl2FN3O4S. The van der Waals surface area contributed by atoms with Gasteiger partial charge in [0, 0.05) is 36.2 Å². The largest absolute Gasteiger partial charge is 0.484 e. The molecule has 1 aliphatic rings. The van der Waals surface area contributed by atoms with Crippen molar-refractivity contribution in [3.8, 4) is 5.75 Å². The van der Waals surface area contributed by atoms with E-state index in [4.69, 9.17) is 27.9 Å². The average Bonchev–Trinajstić information content (AvgIpc) is 2.82. The van der Waals surface area contributed by atoms with Gasteiger partial charge in [0.15, 0.2) is 6.61 Å². The number of para-hydroxylation sites is 1. The number of piperazine rings is 1. The van der Waals surface area contributed by atoms with Crippen LogP contribution in [0.2, 0.25) is 10.0 Å². The Morgan fingerprint density at radius 3 is 2.20 bits per heavy atom. The lowest BCUT2D eigenvalue weighted by molar-refractivity contribution is -0.133. The number of amides is 1. The first kappa shape index (κ1) is 25.1. The van der Waals surface area contributed by atoms with E-state index in [1.54, 1.807) is 23.1 Å². The van der Waals surface area contributed by atoms with Crippen molar-refractivity contribution in [1.29, 1.82) is 0 Å². The van der Waals surface area contributed by atoms with Crippen LogP contribution in [0.25, 0.3) is 0 Å². The molecule has 1 heterocycles.